The molecule has 1 unspecified atom stereocenters. The van der Waals surface area contributed by atoms with E-state index in [1.165, 1.54) is 6.92 Å². The van der Waals surface area contributed by atoms with Gasteiger partial charge in [-0.3, -0.25) is 4.79 Å². The van der Waals surface area contributed by atoms with Crippen LogP contribution in [0.25, 0.3) is 0 Å². The van der Waals surface area contributed by atoms with Gasteiger partial charge in [0.1, 0.15) is 0 Å². The minimum atomic E-state index is -0.279. The number of carbonyl (C=O) groups is 1. The molecule has 1 atom stereocenters. The van der Waals surface area contributed by atoms with Crippen LogP contribution in [0.5, 0.6) is 0 Å². The third-order valence-electron chi connectivity index (χ3n) is 3.24. The number of allylic oxidation sites excluding steroid dienone is 2. The minimum Gasteiger partial charge on any atom is -0.411 e. The molecule has 0 heterocycles. The number of hydrogen-bond acceptors (Lipinski definition) is 3. The average molecular weight is 224 g/mol. The molecule has 0 aromatic rings. The molecule has 4 heteroatoms. The van der Waals surface area contributed by atoms with Gasteiger partial charge in [-0.15, -0.1) is 0 Å². The van der Waals surface area contributed by atoms with Crippen molar-refractivity contribution in [2.45, 2.75) is 46.1 Å². The number of nitrogens with one attached hydrogen (secondary N) is 1. The Bertz CT molecular complexity index is 343. The lowest BCUT2D eigenvalue weighted by atomic mass is 9.76. The summed E-state index contributed by atoms with van der Waals surface area (Å²) in [6.45, 7) is 7.47. The van der Waals surface area contributed by atoms with Crippen molar-refractivity contribution in [2.75, 3.05) is 0 Å². The SMILES string of the molecule is CC(=O)NC(C)(C)C1CC=C(C)C(=NO)C1. The molecule has 0 aromatic heterocycles. The van der Waals surface area contributed by atoms with Crippen molar-refractivity contribution < 1.29 is 10.0 Å². The van der Waals surface area contributed by atoms with E-state index in [0.29, 0.717) is 6.42 Å². The van der Waals surface area contributed by atoms with E-state index in [9.17, 15) is 4.79 Å². The van der Waals surface area contributed by atoms with Gasteiger partial charge >= 0.3 is 0 Å². The first-order valence-corrected chi connectivity index (χ1v) is 5.53. The molecule has 1 aliphatic carbocycles. The lowest BCUT2D eigenvalue weighted by Gasteiger charge is -2.36. The maximum atomic E-state index is 11.1. The van der Waals surface area contributed by atoms with Crippen LogP contribution < -0.4 is 5.32 Å². The summed E-state index contributed by atoms with van der Waals surface area (Å²) >= 11 is 0. The van der Waals surface area contributed by atoms with Gasteiger partial charge in [0.2, 0.25) is 5.91 Å². The number of amides is 1. The fourth-order valence-corrected chi connectivity index (χ4v) is 2.14. The fourth-order valence-electron chi connectivity index (χ4n) is 2.14. The van der Waals surface area contributed by atoms with E-state index >= 15 is 0 Å². The second-order valence-electron chi connectivity index (χ2n) is 4.97. The molecule has 0 aliphatic heterocycles. The van der Waals surface area contributed by atoms with Crippen molar-refractivity contribution in [1.82, 2.24) is 5.32 Å². The van der Waals surface area contributed by atoms with Crippen LogP contribution in [0.15, 0.2) is 16.8 Å². The topological polar surface area (TPSA) is 61.7 Å². The molecule has 1 amide bonds. The minimum absolute atomic E-state index is 0.0289. The summed E-state index contributed by atoms with van der Waals surface area (Å²) in [6.07, 6.45) is 3.66. The number of rotatable bonds is 2. The van der Waals surface area contributed by atoms with Gasteiger partial charge in [-0.25, -0.2) is 0 Å². The predicted molar refractivity (Wildman–Crippen MR) is 63.6 cm³/mol. The highest BCUT2D eigenvalue weighted by atomic mass is 16.4. The Labute approximate surface area is 96.4 Å². The molecule has 2 N–H and O–H groups in total. The third-order valence-corrected chi connectivity index (χ3v) is 3.24. The van der Waals surface area contributed by atoms with Crippen LogP contribution in [-0.4, -0.2) is 22.4 Å². The number of carbonyl (C=O) groups excluding carboxylic acids is 1. The zero-order valence-corrected chi connectivity index (χ0v) is 10.4. The van der Waals surface area contributed by atoms with Crippen LogP contribution in [0.1, 0.15) is 40.5 Å². The van der Waals surface area contributed by atoms with Crippen molar-refractivity contribution in [3.8, 4) is 0 Å². The zero-order chi connectivity index (χ0) is 12.3. The van der Waals surface area contributed by atoms with Crippen molar-refractivity contribution in [3.63, 3.8) is 0 Å². The van der Waals surface area contributed by atoms with E-state index in [1.807, 2.05) is 20.8 Å². The summed E-state index contributed by atoms with van der Waals surface area (Å²) in [5.74, 6) is 0.241. The molecule has 1 rings (SSSR count). The molecule has 0 fully saturated rings. The Morgan fingerprint density at radius 3 is 2.75 bits per heavy atom. The van der Waals surface area contributed by atoms with Gasteiger partial charge < -0.3 is 10.5 Å². The monoisotopic (exact) mass is 224 g/mol. The van der Waals surface area contributed by atoms with Crippen LogP contribution in [0.3, 0.4) is 0 Å². The standard InChI is InChI=1S/C12H20N2O2/c1-8-5-6-10(7-11(8)14-16)12(3,4)13-9(2)15/h5,10,16H,6-7H2,1-4H3,(H,13,15). The zero-order valence-electron chi connectivity index (χ0n) is 10.4. The summed E-state index contributed by atoms with van der Waals surface area (Å²) in [6, 6.07) is 0. The second kappa shape index (κ2) is 4.68. The Morgan fingerprint density at radius 2 is 2.25 bits per heavy atom. The van der Waals surface area contributed by atoms with Crippen LogP contribution >= 0.6 is 0 Å². The number of hydrogen-bond donors (Lipinski definition) is 2. The Hall–Kier alpha value is -1.32. The first kappa shape index (κ1) is 12.7. The van der Waals surface area contributed by atoms with Gasteiger partial charge in [-0.2, -0.15) is 0 Å². The van der Waals surface area contributed by atoms with Crippen LogP contribution in [-0.2, 0) is 4.79 Å². The van der Waals surface area contributed by atoms with Gasteiger partial charge in [-0.05, 0) is 45.1 Å². The average Bonchev–Trinajstić information content (AvgIpc) is 2.16. The number of oxime groups is 1. The van der Waals surface area contributed by atoms with Crippen molar-refractivity contribution >= 4 is 11.6 Å². The molecule has 16 heavy (non-hydrogen) atoms. The van der Waals surface area contributed by atoms with Gasteiger partial charge in [-0.1, -0.05) is 11.2 Å². The van der Waals surface area contributed by atoms with Gasteiger partial charge in [0.25, 0.3) is 0 Å². The van der Waals surface area contributed by atoms with Crippen LogP contribution in [0.4, 0.5) is 0 Å². The van der Waals surface area contributed by atoms with Crippen LogP contribution in [0.2, 0.25) is 0 Å². The van der Waals surface area contributed by atoms with E-state index in [-0.39, 0.29) is 17.4 Å². The molecule has 0 aromatic carbocycles. The van der Waals surface area contributed by atoms with E-state index in [2.05, 4.69) is 16.5 Å². The normalized spacial score (nSPS) is 24.1. The molecule has 4 nitrogen and oxygen atoms in total. The highest BCUT2D eigenvalue weighted by molar-refractivity contribution is 6.00. The summed E-state index contributed by atoms with van der Waals surface area (Å²) < 4.78 is 0. The Morgan fingerprint density at radius 1 is 1.62 bits per heavy atom. The highest BCUT2D eigenvalue weighted by Crippen LogP contribution is 2.30. The maximum Gasteiger partial charge on any atom is 0.217 e. The second-order valence-corrected chi connectivity index (χ2v) is 4.97. The fraction of sp³-hybridized carbons (Fsp3) is 0.667. The van der Waals surface area contributed by atoms with E-state index < -0.39 is 0 Å². The molecule has 0 saturated heterocycles. The lowest BCUT2D eigenvalue weighted by molar-refractivity contribution is -0.121. The molecular formula is C12H20N2O2. The first-order valence-electron chi connectivity index (χ1n) is 5.53. The molecular weight excluding hydrogens is 204 g/mol. The van der Waals surface area contributed by atoms with E-state index in [4.69, 9.17) is 5.21 Å². The summed E-state index contributed by atoms with van der Waals surface area (Å²) in [5.41, 5.74) is 1.46. The molecule has 0 radical (unpaired) electrons. The van der Waals surface area contributed by atoms with Crippen molar-refractivity contribution in [2.24, 2.45) is 11.1 Å². The lowest BCUT2D eigenvalue weighted by Crippen LogP contribution is -2.49. The smallest absolute Gasteiger partial charge is 0.217 e. The van der Waals surface area contributed by atoms with Gasteiger partial charge in [0, 0.05) is 12.5 Å². The van der Waals surface area contributed by atoms with E-state index in [1.54, 1.807) is 0 Å². The first-order chi connectivity index (χ1) is 7.36. The Kier molecular flexibility index (Phi) is 3.73. The molecule has 1 aliphatic rings. The Balaban J connectivity index is 2.81. The van der Waals surface area contributed by atoms with Gasteiger partial charge in [0.05, 0.1) is 5.71 Å². The summed E-state index contributed by atoms with van der Waals surface area (Å²) in [4.78, 5) is 11.1. The molecule has 0 spiro atoms. The maximum absolute atomic E-state index is 11.1. The van der Waals surface area contributed by atoms with Crippen LogP contribution in [0, 0.1) is 5.92 Å². The van der Waals surface area contributed by atoms with Crippen molar-refractivity contribution in [3.05, 3.63) is 11.6 Å². The quantitative estimate of drug-likeness (QED) is 0.557. The highest BCUT2D eigenvalue weighted by Gasteiger charge is 2.32. The summed E-state index contributed by atoms with van der Waals surface area (Å²) in [5, 5.41) is 15.1. The summed E-state index contributed by atoms with van der Waals surface area (Å²) in [7, 11) is 0. The molecule has 90 valence electrons. The van der Waals surface area contributed by atoms with E-state index in [0.717, 1.165) is 17.7 Å². The number of nitrogens with zero attached hydrogens (tertiary/aromatic N) is 1. The van der Waals surface area contributed by atoms with Gasteiger partial charge in [0.15, 0.2) is 0 Å². The largest absolute Gasteiger partial charge is 0.411 e. The molecule has 0 bridgehead atoms. The third kappa shape index (κ3) is 2.84. The molecule has 0 saturated carbocycles. The predicted octanol–water partition coefficient (Wildman–Crippen LogP) is 2.09. The van der Waals surface area contributed by atoms with Crippen molar-refractivity contribution in [1.29, 1.82) is 0 Å².